The van der Waals surface area contributed by atoms with Crippen LogP contribution in [0.5, 0.6) is 5.75 Å². The predicted octanol–water partition coefficient (Wildman–Crippen LogP) is 4.82. The first-order chi connectivity index (χ1) is 10.1. The Morgan fingerprint density at radius 2 is 2.05 bits per heavy atom. The van der Waals surface area contributed by atoms with Gasteiger partial charge in [-0.15, -0.1) is 11.3 Å². The molecular formula is C15H13Cl2NO2S. The van der Waals surface area contributed by atoms with Gasteiger partial charge in [-0.3, -0.25) is 4.79 Å². The van der Waals surface area contributed by atoms with Gasteiger partial charge < -0.3 is 10.4 Å². The van der Waals surface area contributed by atoms with E-state index < -0.39 is 0 Å². The molecule has 1 aromatic carbocycles. The fourth-order valence-electron chi connectivity index (χ4n) is 2.63. The third-order valence-electron chi connectivity index (χ3n) is 3.65. The molecule has 0 saturated carbocycles. The van der Waals surface area contributed by atoms with Gasteiger partial charge in [-0.1, -0.05) is 23.2 Å². The zero-order valence-corrected chi connectivity index (χ0v) is 13.4. The SMILES string of the molecule is O=C(Nc1cc(Cl)c(O)c(Cl)c1)C1CCCc2sccc21. The number of rotatable bonds is 2. The number of carbonyl (C=O) groups is 1. The fourth-order valence-corrected chi connectivity index (χ4v) is 4.10. The molecule has 3 nitrogen and oxygen atoms in total. The van der Waals surface area contributed by atoms with Crippen LogP contribution in [0.3, 0.4) is 0 Å². The molecule has 0 bridgehead atoms. The average Bonchev–Trinajstić information content (AvgIpc) is 2.92. The minimum Gasteiger partial charge on any atom is -0.505 e. The Morgan fingerprint density at radius 3 is 2.76 bits per heavy atom. The third-order valence-corrected chi connectivity index (χ3v) is 5.23. The second-order valence-corrected chi connectivity index (χ2v) is 6.84. The normalized spacial score (nSPS) is 17.3. The molecule has 1 aliphatic carbocycles. The zero-order chi connectivity index (χ0) is 15.0. The van der Waals surface area contributed by atoms with E-state index in [0.29, 0.717) is 5.69 Å². The van der Waals surface area contributed by atoms with Gasteiger partial charge in [-0.2, -0.15) is 0 Å². The van der Waals surface area contributed by atoms with Gasteiger partial charge in [0, 0.05) is 10.6 Å². The molecule has 110 valence electrons. The lowest BCUT2D eigenvalue weighted by molar-refractivity contribution is -0.117. The van der Waals surface area contributed by atoms with Gasteiger partial charge >= 0.3 is 0 Å². The second-order valence-electron chi connectivity index (χ2n) is 5.02. The highest BCUT2D eigenvalue weighted by atomic mass is 35.5. The van der Waals surface area contributed by atoms with E-state index in [1.807, 2.05) is 11.4 Å². The summed E-state index contributed by atoms with van der Waals surface area (Å²) in [5, 5.41) is 14.7. The van der Waals surface area contributed by atoms with Crippen molar-refractivity contribution < 1.29 is 9.90 Å². The summed E-state index contributed by atoms with van der Waals surface area (Å²) in [4.78, 5) is 13.8. The van der Waals surface area contributed by atoms with Crippen molar-refractivity contribution >= 4 is 46.1 Å². The lowest BCUT2D eigenvalue weighted by Crippen LogP contribution is -2.23. The highest BCUT2D eigenvalue weighted by molar-refractivity contribution is 7.10. The Balaban J connectivity index is 1.82. The first-order valence-electron chi connectivity index (χ1n) is 6.61. The molecule has 1 atom stereocenters. The average molecular weight is 342 g/mol. The van der Waals surface area contributed by atoms with Crippen LogP contribution in [0.2, 0.25) is 10.0 Å². The van der Waals surface area contributed by atoms with Crippen LogP contribution in [-0.2, 0) is 11.2 Å². The van der Waals surface area contributed by atoms with E-state index in [-0.39, 0.29) is 27.6 Å². The molecule has 3 rings (SSSR count). The molecule has 0 saturated heterocycles. The molecule has 0 radical (unpaired) electrons. The number of halogens is 2. The number of thiophene rings is 1. The zero-order valence-electron chi connectivity index (χ0n) is 11.0. The molecule has 0 fully saturated rings. The van der Waals surface area contributed by atoms with Crippen molar-refractivity contribution in [1.82, 2.24) is 0 Å². The van der Waals surface area contributed by atoms with Crippen LogP contribution >= 0.6 is 34.5 Å². The molecular weight excluding hydrogens is 329 g/mol. The summed E-state index contributed by atoms with van der Waals surface area (Å²) in [5.41, 5.74) is 1.62. The number of aryl methyl sites for hydroxylation is 1. The standard InChI is InChI=1S/C15H13Cl2NO2S/c16-11-6-8(7-12(17)14(11)19)18-15(20)10-2-1-3-13-9(10)4-5-21-13/h4-7,10,19H,1-3H2,(H,18,20). The summed E-state index contributed by atoms with van der Waals surface area (Å²) >= 11 is 13.4. The molecule has 21 heavy (non-hydrogen) atoms. The van der Waals surface area contributed by atoms with Gasteiger partial charge in [0.1, 0.15) is 0 Å². The van der Waals surface area contributed by atoms with Gasteiger partial charge in [-0.25, -0.2) is 0 Å². The van der Waals surface area contributed by atoms with Crippen LogP contribution in [0.15, 0.2) is 23.6 Å². The van der Waals surface area contributed by atoms with Crippen LogP contribution in [0, 0.1) is 0 Å². The monoisotopic (exact) mass is 341 g/mol. The summed E-state index contributed by atoms with van der Waals surface area (Å²) in [6, 6.07) is 5.02. The Morgan fingerprint density at radius 1 is 1.33 bits per heavy atom. The first-order valence-corrected chi connectivity index (χ1v) is 8.25. The lowest BCUT2D eigenvalue weighted by Gasteiger charge is -2.22. The van der Waals surface area contributed by atoms with Crippen LogP contribution in [0.1, 0.15) is 29.2 Å². The van der Waals surface area contributed by atoms with E-state index in [2.05, 4.69) is 5.32 Å². The van der Waals surface area contributed by atoms with E-state index in [1.165, 1.54) is 17.0 Å². The maximum absolute atomic E-state index is 12.5. The summed E-state index contributed by atoms with van der Waals surface area (Å²) in [6.45, 7) is 0. The van der Waals surface area contributed by atoms with Crippen molar-refractivity contribution in [2.24, 2.45) is 0 Å². The van der Waals surface area contributed by atoms with Crippen molar-refractivity contribution in [3.05, 3.63) is 44.1 Å². The van der Waals surface area contributed by atoms with Gasteiger partial charge in [0.15, 0.2) is 5.75 Å². The van der Waals surface area contributed by atoms with Crippen molar-refractivity contribution in [3.63, 3.8) is 0 Å². The van der Waals surface area contributed by atoms with Crippen LogP contribution in [-0.4, -0.2) is 11.0 Å². The highest BCUT2D eigenvalue weighted by Gasteiger charge is 2.27. The third kappa shape index (κ3) is 2.89. The molecule has 1 aromatic heterocycles. The molecule has 2 N–H and O–H groups in total. The van der Waals surface area contributed by atoms with E-state index in [1.54, 1.807) is 11.3 Å². The summed E-state index contributed by atoms with van der Waals surface area (Å²) in [6.07, 6.45) is 2.91. The largest absolute Gasteiger partial charge is 0.505 e. The molecule has 0 aliphatic heterocycles. The fraction of sp³-hybridized carbons (Fsp3) is 0.267. The van der Waals surface area contributed by atoms with Crippen LogP contribution in [0.4, 0.5) is 5.69 Å². The van der Waals surface area contributed by atoms with Gasteiger partial charge in [0.25, 0.3) is 0 Å². The van der Waals surface area contributed by atoms with Crippen molar-refractivity contribution in [3.8, 4) is 5.75 Å². The quantitative estimate of drug-likeness (QED) is 0.769. The molecule has 0 spiro atoms. The summed E-state index contributed by atoms with van der Waals surface area (Å²) in [7, 11) is 0. The number of phenolic OH excluding ortho intramolecular Hbond substituents is 1. The smallest absolute Gasteiger partial charge is 0.231 e. The maximum atomic E-state index is 12.5. The number of hydrogen-bond acceptors (Lipinski definition) is 3. The van der Waals surface area contributed by atoms with Crippen molar-refractivity contribution in [2.45, 2.75) is 25.2 Å². The van der Waals surface area contributed by atoms with Crippen LogP contribution < -0.4 is 5.32 Å². The number of fused-ring (bicyclic) bond motifs is 1. The Bertz CT molecular complexity index is 676. The number of anilines is 1. The molecule has 1 heterocycles. The predicted molar refractivity (Wildman–Crippen MR) is 86.8 cm³/mol. The first kappa shape index (κ1) is 14.7. The molecule has 1 unspecified atom stereocenters. The van der Waals surface area contributed by atoms with Gasteiger partial charge in [0.2, 0.25) is 5.91 Å². The molecule has 2 aromatic rings. The number of benzene rings is 1. The maximum Gasteiger partial charge on any atom is 0.231 e. The minimum absolute atomic E-state index is 0.0628. The Labute approximate surface area is 136 Å². The highest BCUT2D eigenvalue weighted by Crippen LogP contribution is 2.37. The number of phenols is 1. The number of hydrogen-bond donors (Lipinski definition) is 2. The molecule has 1 amide bonds. The summed E-state index contributed by atoms with van der Waals surface area (Å²) in [5.74, 6) is -0.368. The van der Waals surface area contributed by atoms with E-state index in [4.69, 9.17) is 23.2 Å². The second kappa shape index (κ2) is 5.87. The minimum atomic E-state index is -0.172. The Hall–Kier alpha value is -1.23. The number of amides is 1. The van der Waals surface area contributed by atoms with E-state index >= 15 is 0 Å². The van der Waals surface area contributed by atoms with Crippen molar-refractivity contribution in [1.29, 1.82) is 0 Å². The molecule has 6 heteroatoms. The van der Waals surface area contributed by atoms with E-state index in [9.17, 15) is 9.90 Å². The lowest BCUT2D eigenvalue weighted by atomic mass is 9.87. The number of carbonyl (C=O) groups excluding carboxylic acids is 1. The van der Waals surface area contributed by atoms with E-state index in [0.717, 1.165) is 24.8 Å². The molecule has 1 aliphatic rings. The summed E-state index contributed by atoms with van der Waals surface area (Å²) < 4.78 is 0. The van der Waals surface area contributed by atoms with Gasteiger partial charge in [-0.05, 0) is 48.4 Å². The van der Waals surface area contributed by atoms with Crippen molar-refractivity contribution in [2.75, 3.05) is 5.32 Å². The van der Waals surface area contributed by atoms with Gasteiger partial charge in [0.05, 0.1) is 16.0 Å². The number of aromatic hydroxyl groups is 1. The van der Waals surface area contributed by atoms with Crippen LogP contribution in [0.25, 0.3) is 0 Å². The Kier molecular flexibility index (Phi) is 4.11. The number of nitrogens with one attached hydrogen (secondary N) is 1. The topological polar surface area (TPSA) is 49.3 Å².